The number of methoxy groups -OCH3 is 1. The number of ether oxygens (including phenoxy) is 1. The Balaban J connectivity index is 1.51. The molecule has 3 amide bonds. The largest absolute Gasteiger partial charge is 0.497 e. The fraction of sp³-hybridized carbons (Fsp3) is 0.227. The van der Waals surface area contributed by atoms with Crippen molar-refractivity contribution >= 4 is 39.9 Å². The average molecular weight is 454 g/mol. The topological polar surface area (TPSA) is 122 Å². The Morgan fingerprint density at radius 3 is 2.47 bits per heavy atom. The Morgan fingerprint density at radius 1 is 0.969 bits per heavy atom. The van der Waals surface area contributed by atoms with E-state index in [4.69, 9.17) is 4.74 Å². The van der Waals surface area contributed by atoms with Crippen molar-refractivity contribution in [1.82, 2.24) is 15.5 Å². The molecule has 3 rings (SSSR count). The normalized spacial score (nSPS) is 10.3. The van der Waals surface area contributed by atoms with Crippen molar-refractivity contribution in [1.29, 1.82) is 0 Å². The molecule has 166 valence electrons. The van der Waals surface area contributed by atoms with E-state index in [1.54, 1.807) is 62.6 Å². The van der Waals surface area contributed by atoms with Crippen LogP contribution in [0.1, 0.15) is 39.1 Å². The zero-order valence-corrected chi connectivity index (χ0v) is 18.5. The lowest BCUT2D eigenvalue weighted by Gasteiger charge is -2.06. The average Bonchev–Trinajstić information content (AvgIpc) is 3.26. The minimum atomic E-state index is -0.355. The van der Waals surface area contributed by atoms with Gasteiger partial charge in [-0.25, -0.2) is 0 Å². The van der Waals surface area contributed by atoms with Gasteiger partial charge in [0.05, 0.1) is 7.11 Å². The van der Waals surface area contributed by atoms with Gasteiger partial charge in [-0.2, -0.15) is 0 Å². The molecule has 3 aromatic rings. The van der Waals surface area contributed by atoms with E-state index in [1.165, 1.54) is 11.3 Å². The number of benzene rings is 2. The van der Waals surface area contributed by atoms with Gasteiger partial charge in [0.15, 0.2) is 0 Å². The van der Waals surface area contributed by atoms with Gasteiger partial charge in [0, 0.05) is 36.2 Å². The summed E-state index contributed by atoms with van der Waals surface area (Å²) in [5, 5.41) is 17.3. The molecule has 0 bridgehead atoms. The van der Waals surface area contributed by atoms with Gasteiger partial charge < -0.3 is 15.4 Å². The Labute approximate surface area is 189 Å². The van der Waals surface area contributed by atoms with Crippen LogP contribution in [0.5, 0.6) is 5.75 Å². The molecule has 0 spiro atoms. The monoisotopic (exact) mass is 453 g/mol. The third-order valence-electron chi connectivity index (χ3n) is 4.37. The highest BCUT2D eigenvalue weighted by Crippen LogP contribution is 2.18. The van der Waals surface area contributed by atoms with Gasteiger partial charge in [0.25, 0.3) is 11.8 Å². The second-order valence-electron chi connectivity index (χ2n) is 6.68. The van der Waals surface area contributed by atoms with Gasteiger partial charge >= 0.3 is 0 Å². The van der Waals surface area contributed by atoms with Gasteiger partial charge in [-0.3, -0.25) is 19.7 Å². The number of carbonyl (C=O) groups excluding carboxylic acids is 3. The first-order valence-electron chi connectivity index (χ1n) is 9.94. The van der Waals surface area contributed by atoms with Gasteiger partial charge in [-0.05, 0) is 36.4 Å². The van der Waals surface area contributed by atoms with Crippen LogP contribution < -0.4 is 20.7 Å². The number of nitrogens with one attached hydrogen (secondary N) is 3. The van der Waals surface area contributed by atoms with Gasteiger partial charge in [-0.15, -0.1) is 10.2 Å². The fourth-order valence-corrected chi connectivity index (χ4v) is 3.45. The zero-order valence-electron chi connectivity index (χ0n) is 17.7. The molecule has 9 nitrogen and oxygen atoms in total. The molecule has 0 atom stereocenters. The molecular formula is C22H23N5O4S. The molecule has 2 aromatic carbocycles. The predicted octanol–water partition coefficient (Wildman–Crippen LogP) is 3.12. The summed E-state index contributed by atoms with van der Waals surface area (Å²) in [5.41, 5.74) is 1.45. The van der Waals surface area contributed by atoms with Crippen LogP contribution in [0.25, 0.3) is 0 Å². The van der Waals surface area contributed by atoms with E-state index >= 15 is 0 Å². The van der Waals surface area contributed by atoms with E-state index in [-0.39, 0.29) is 17.7 Å². The molecule has 10 heteroatoms. The number of hydrogen-bond acceptors (Lipinski definition) is 7. The molecule has 32 heavy (non-hydrogen) atoms. The molecule has 0 saturated carbocycles. The number of nitrogens with zero attached hydrogens (tertiary/aromatic N) is 2. The van der Waals surface area contributed by atoms with E-state index in [0.717, 1.165) is 0 Å². The van der Waals surface area contributed by atoms with Crippen LogP contribution in [0.4, 0.5) is 10.8 Å². The molecule has 0 saturated heterocycles. The minimum absolute atomic E-state index is 0.130. The predicted molar refractivity (Wildman–Crippen MR) is 122 cm³/mol. The van der Waals surface area contributed by atoms with Crippen molar-refractivity contribution in [3.05, 3.63) is 64.7 Å². The van der Waals surface area contributed by atoms with Crippen LogP contribution in [-0.2, 0) is 11.2 Å². The Bertz CT molecular complexity index is 1110. The minimum Gasteiger partial charge on any atom is -0.497 e. The molecule has 0 unspecified atom stereocenters. The SMILES string of the molecule is CCC(=O)Nc1cccc(C(=O)Nc2nnc(CCNC(=O)c3cccc(OC)c3)s2)c1. The van der Waals surface area contributed by atoms with E-state index in [0.29, 0.717) is 52.1 Å². The smallest absolute Gasteiger partial charge is 0.257 e. The van der Waals surface area contributed by atoms with Crippen LogP contribution in [0.15, 0.2) is 48.5 Å². The first kappa shape index (κ1) is 22.9. The molecule has 0 aliphatic carbocycles. The molecule has 0 fully saturated rings. The van der Waals surface area contributed by atoms with E-state index in [1.807, 2.05) is 0 Å². The summed E-state index contributed by atoms with van der Waals surface area (Å²) in [6.45, 7) is 2.13. The summed E-state index contributed by atoms with van der Waals surface area (Å²) in [7, 11) is 1.55. The molecular weight excluding hydrogens is 430 g/mol. The van der Waals surface area contributed by atoms with Crippen LogP contribution in [0.2, 0.25) is 0 Å². The summed E-state index contributed by atoms with van der Waals surface area (Å²) in [4.78, 5) is 36.3. The van der Waals surface area contributed by atoms with E-state index in [9.17, 15) is 14.4 Å². The van der Waals surface area contributed by atoms with Crippen molar-refractivity contribution < 1.29 is 19.1 Å². The third kappa shape index (κ3) is 6.35. The van der Waals surface area contributed by atoms with E-state index in [2.05, 4.69) is 26.1 Å². The molecule has 0 aliphatic heterocycles. The summed E-state index contributed by atoms with van der Waals surface area (Å²) in [6.07, 6.45) is 0.825. The Morgan fingerprint density at radius 2 is 1.72 bits per heavy atom. The van der Waals surface area contributed by atoms with Crippen molar-refractivity contribution in [2.24, 2.45) is 0 Å². The second kappa shape index (κ2) is 11.0. The van der Waals surface area contributed by atoms with Crippen LogP contribution >= 0.6 is 11.3 Å². The number of carbonyl (C=O) groups is 3. The quantitative estimate of drug-likeness (QED) is 0.458. The molecule has 0 aliphatic rings. The molecule has 0 radical (unpaired) electrons. The number of rotatable bonds is 9. The van der Waals surface area contributed by atoms with Crippen LogP contribution in [0.3, 0.4) is 0 Å². The standard InChI is InChI=1S/C22H23N5O4S/c1-3-18(28)24-16-8-4-6-14(12-16)21(30)25-22-27-26-19(32-22)10-11-23-20(29)15-7-5-9-17(13-15)31-2/h4-9,12-13H,3,10-11H2,1-2H3,(H,23,29)(H,24,28)(H,25,27,30). The maximum Gasteiger partial charge on any atom is 0.257 e. The zero-order chi connectivity index (χ0) is 22.9. The molecule has 3 N–H and O–H groups in total. The lowest BCUT2D eigenvalue weighted by Crippen LogP contribution is -2.25. The van der Waals surface area contributed by atoms with E-state index < -0.39 is 0 Å². The van der Waals surface area contributed by atoms with Crippen molar-refractivity contribution in [3.8, 4) is 5.75 Å². The lowest BCUT2D eigenvalue weighted by molar-refractivity contribution is -0.115. The van der Waals surface area contributed by atoms with Crippen LogP contribution in [0, 0.1) is 0 Å². The first-order chi connectivity index (χ1) is 15.5. The lowest BCUT2D eigenvalue weighted by atomic mass is 10.2. The summed E-state index contributed by atoms with van der Waals surface area (Å²) in [5.74, 6) is -0.0844. The van der Waals surface area contributed by atoms with Crippen LogP contribution in [-0.4, -0.2) is 41.6 Å². The van der Waals surface area contributed by atoms with Gasteiger partial charge in [0.1, 0.15) is 10.8 Å². The second-order valence-corrected chi connectivity index (χ2v) is 7.74. The fourth-order valence-electron chi connectivity index (χ4n) is 2.71. The number of aromatic nitrogens is 2. The third-order valence-corrected chi connectivity index (χ3v) is 5.27. The van der Waals surface area contributed by atoms with Gasteiger partial charge in [0.2, 0.25) is 11.0 Å². The maximum atomic E-state index is 12.5. The van der Waals surface area contributed by atoms with Crippen molar-refractivity contribution in [2.45, 2.75) is 19.8 Å². The number of anilines is 2. The maximum absolute atomic E-state index is 12.5. The Kier molecular flexibility index (Phi) is 7.87. The number of hydrogen-bond donors (Lipinski definition) is 3. The highest BCUT2D eigenvalue weighted by Gasteiger charge is 2.12. The van der Waals surface area contributed by atoms with Crippen molar-refractivity contribution in [3.63, 3.8) is 0 Å². The first-order valence-corrected chi connectivity index (χ1v) is 10.8. The molecule has 1 heterocycles. The van der Waals surface area contributed by atoms with Gasteiger partial charge in [-0.1, -0.05) is 30.4 Å². The van der Waals surface area contributed by atoms with Crippen molar-refractivity contribution in [2.75, 3.05) is 24.3 Å². The Hall–Kier alpha value is -3.79. The summed E-state index contributed by atoms with van der Waals surface area (Å²) < 4.78 is 5.12. The summed E-state index contributed by atoms with van der Waals surface area (Å²) >= 11 is 1.23. The highest BCUT2D eigenvalue weighted by atomic mass is 32.1. The number of amides is 3. The summed E-state index contributed by atoms with van der Waals surface area (Å²) in [6, 6.07) is 13.5. The molecule has 1 aromatic heterocycles. The highest BCUT2D eigenvalue weighted by molar-refractivity contribution is 7.15.